The lowest BCUT2D eigenvalue weighted by atomic mass is 9.92. The highest BCUT2D eigenvalue weighted by atomic mass is 14.7. The summed E-state index contributed by atoms with van der Waals surface area (Å²) in [6.07, 6.45) is 4.63. The first-order valence-electron chi connectivity index (χ1n) is 5.58. The number of rotatable bonds is 2. The largest absolute Gasteiger partial charge is 0.325 e. The fraction of sp³-hybridized carbons (Fsp3) is 0.357. The van der Waals surface area contributed by atoms with E-state index in [1.165, 1.54) is 21.9 Å². The summed E-state index contributed by atoms with van der Waals surface area (Å²) in [6, 6.07) is 6.45. The summed E-state index contributed by atoms with van der Waals surface area (Å²) in [5.41, 5.74) is 8.49. The van der Waals surface area contributed by atoms with Crippen molar-refractivity contribution in [3.05, 3.63) is 41.7 Å². The molecule has 2 aromatic rings. The fourth-order valence-electron chi connectivity index (χ4n) is 2.09. The van der Waals surface area contributed by atoms with E-state index in [4.69, 9.17) is 5.73 Å². The molecule has 2 nitrogen and oxygen atoms in total. The molecule has 0 amide bonds. The maximum Gasteiger partial charge on any atom is 0.0346 e. The number of nitrogens with zero attached hydrogens (tertiary/aromatic N) is 1. The van der Waals surface area contributed by atoms with Gasteiger partial charge in [-0.15, -0.1) is 0 Å². The van der Waals surface area contributed by atoms with Crippen LogP contribution in [0.15, 0.2) is 30.6 Å². The van der Waals surface area contributed by atoms with Gasteiger partial charge in [-0.2, -0.15) is 0 Å². The van der Waals surface area contributed by atoms with Crippen LogP contribution in [0.2, 0.25) is 0 Å². The second-order valence-corrected chi connectivity index (χ2v) is 5.19. The van der Waals surface area contributed by atoms with E-state index >= 15 is 0 Å². The number of hydrogen-bond acceptors (Lipinski definition) is 2. The second kappa shape index (κ2) is 3.87. The Labute approximate surface area is 96.5 Å². The van der Waals surface area contributed by atoms with Crippen LogP contribution in [0.1, 0.15) is 25.0 Å². The van der Waals surface area contributed by atoms with Crippen molar-refractivity contribution < 1.29 is 0 Å². The molecule has 0 saturated carbocycles. The third-order valence-corrected chi connectivity index (χ3v) is 2.63. The third kappa shape index (κ3) is 2.39. The highest BCUT2D eigenvalue weighted by Crippen LogP contribution is 2.23. The summed E-state index contributed by atoms with van der Waals surface area (Å²) >= 11 is 0. The Bertz CT molecular complexity index is 510. The summed E-state index contributed by atoms with van der Waals surface area (Å²) < 4.78 is 0. The molecule has 2 N–H and O–H groups in total. The zero-order valence-electron chi connectivity index (χ0n) is 10.1. The van der Waals surface area contributed by atoms with Crippen LogP contribution in [0.5, 0.6) is 0 Å². The van der Waals surface area contributed by atoms with Gasteiger partial charge in [0, 0.05) is 23.3 Å². The Balaban J connectivity index is 2.59. The minimum atomic E-state index is -0.177. The Morgan fingerprint density at radius 1 is 1.31 bits per heavy atom. The lowest BCUT2D eigenvalue weighted by Gasteiger charge is -2.20. The molecule has 0 fully saturated rings. The van der Waals surface area contributed by atoms with Crippen molar-refractivity contribution in [2.75, 3.05) is 0 Å². The average Bonchev–Trinajstić information content (AvgIpc) is 2.14. The van der Waals surface area contributed by atoms with E-state index in [0.717, 1.165) is 6.42 Å². The van der Waals surface area contributed by atoms with E-state index in [1.807, 2.05) is 12.4 Å². The lowest BCUT2D eigenvalue weighted by Crippen LogP contribution is -2.34. The number of fused-ring (bicyclic) bond motifs is 1. The Morgan fingerprint density at radius 2 is 2.06 bits per heavy atom. The minimum absolute atomic E-state index is 0.177. The smallest absolute Gasteiger partial charge is 0.0346 e. The Hall–Kier alpha value is -1.41. The molecule has 0 aliphatic rings. The first-order chi connectivity index (χ1) is 7.46. The van der Waals surface area contributed by atoms with Gasteiger partial charge in [0.05, 0.1) is 0 Å². The van der Waals surface area contributed by atoms with Crippen LogP contribution in [-0.2, 0) is 6.42 Å². The molecule has 2 rings (SSSR count). The van der Waals surface area contributed by atoms with Crippen LogP contribution in [0.4, 0.5) is 0 Å². The van der Waals surface area contributed by atoms with Gasteiger partial charge >= 0.3 is 0 Å². The number of hydrogen-bond donors (Lipinski definition) is 1. The van der Waals surface area contributed by atoms with Gasteiger partial charge in [-0.1, -0.05) is 11.6 Å². The van der Waals surface area contributed by atoms with E-state index in [1.54, 1.807) is 0 Å². The molecule has 0 radical (unpaired) electrons. The van der Waals surface area contributed by atoms with Gasteiger partial charge < -0.3 is 5.73 Å². The van der Waals surface area contributed by atoms with Gasteiger partial charge in [-0.05, 0) is 50.3 Å². The monoisotopic (exact) mass is 214 g/mol. The fourth-order valence-corrected chi connectivity index (χ4v) is 2.09. The number of benzene rings is 1. The first kappa shape index (κ1) is 11.1. The van der Waals surface area contributed by atoms with Gasteiger partial charge in [0.25, 0.3) is 0 Å². The van der Waals surface area contributed by atoms with Crippen molar-refractivity contribution in [1.82, 2.24) is 4.98 Å². The standard InChI is InChI=1S/C14H18N2/c1-10-6-11(8-14(2,3)15)13-4-5-16-9-12(13)7-10/h4-7,9H,8,15H2,1-3H3. The van der Waals surface area contributed by atoms with E-state index in [0.29, 0.717) is 0 Å². The molecule has 84 valence electrons. The minimum Gasteiger partial charge on any atom is -0.325 e. The molecule has 0 unspecified atom stereocenters. The molecule has 1 heterocycles. The van der Waals surface area contributed by atoms with Gasteiger partial charge in [0.2, 0.25) is 0 Å². The normalized spacial score (nSPS) is 12.0. The van der Waals surface area contributed by atoms with E-state index in [-0.39, 0.29) is 5.54 Å². The lowest BCUT2D eigenvalue weighted by molar-refractivity contribution is 0.518. The second-order valence-electron chi connectivity index (χ2n) is 5.19. The van der Waals surface area contributed by atoms with Crippen molar-refractivity contribution in [2.24, 2.45) is 5.73 Å². The van der Waals surface area contributed by atoms with Crippen LogP contribution in [0, 0.1) is 6.92 Å². The maximum absolute atomic E-state index is 6.09. The summed E-state index contributed by atoms with van der Waals surface area (Å²) in [7, 11) is 0. The van der Waals surface area contributed by atoms with Crippen molar-refractivity contribution in [3.63, 3.8) is 0 Å². The van der Waals surface area contributed by atoms with E-state index < -0.39 is 0 Å². The number of nitrogens with two attached hydrogens (primary N) is 1. The molecule has 1 aromatic carbocycles. The van der Waals surface area contributed by atoms with Crippen LogP contribution < -0.4 is 5.73 Å². The highest BCUT2D eigenvalue weighted by molar-refractivity contribution is 5.85. The molecule has 0 aliphatic carbocycles. The predicted octanol–water partition coefficient (Wildman–Crippen LogP) is 2.82. The molecule has 0 aliphatic heterocycles. The summed E-state index contributed by atoms with van der Waals surface area (Å²) in [5.74, 6) is 0. The van der Waals surface area contributed by atoms with Crippen molar-refractivity contribution in [1.29, 1.82) is 0 Å². The van der Waals surface area contributed by atoms with Gasteiger partial charge in [-0.25, -0.2) is 0 Å². The van der Waals surface area contributed by atoms with E-state index in [9.17, 15) is 0 Å². The zero-order chi connectivity index (χ0) is 11.8. The van der Waals surface area contributed by atoms with Crippen LogP contribution in [0.3, 0.4) is 0 Å². The molecule has 0 saturated heterocycles. The summed E-state index contributed by atoms with van der Waals surface area (Å²) in [6.45, 7) is 6.23. The first-order valence-corrected chi connectivity index (χ1v) is 5.58. The molecule has 0 bridgehead atoms. The van der Waals surface area contributed by atoms with Crippen LogP contribution >= 0.6 is 0 Å². The van der Waals surface area contributed by atoms with Gasteiger partial charge in [0.1, 0.15) is 0 Å². The van der Waals surface area contributed by atoms with Gasteiger partial charge in [0.15, 0.2) is 0 Å². The average molecular weight is 214 g/mol. The third-order valence-electron chi connectivity index (χ3n) is 2.63. The summed E-state index contributed by atoms with van der Waals surface area (Å²) in [5, 5.41) is 2.46. The quantitative estimate of drug-likeness (QED) is 0.835. The van der Waals surface area contributed by atoms with Gasteiger partial charge in [-0.3, -0.25) is 4.98 Å². The molecular weight excluding hydrogens is 196 g/mol. The van der Waals surface area contributed by atoms with E-state index in [2.05, 4.69) is 44.0 Å². The number of pyridine rings is 1. The molecule has 1 aromatic heterocycles. The van der Waals surface area contributed by atoms with Crippen molar-refractivity contribution in [2.45, 2.75) is 32.7 Å². The van der Waals surface area contributed by atoms with Crippen LogP contribution in [-0.4, -0.2) is 10.5 Å². The number of aromatic nitrogens is 1. The predicted molar refractivity (Wildman–Crippen MR) is 68.5 cm³/mol. The number of aryl methyl sites for hydroxylation is 1. The Morgan fingerprint density at radius 3 is 2.75 bits per heavy atom. The SMILES string of the molecule is Cc1cc(CC(C)(C)N)c2ccncc2c1. The molecule has 2 heteroatoms. The highest BCUT2D eigenvalue weighted by Gasteiger charge is 2.13. The molecular formula is C14H18N2. The molecule has 0 spiro atoms. The van der Waals surface area contributed by atoms with Crippen molar-refractivity contribution in [3.8, 4) is 0 Å². The maximum atomic E-state index is 6.09. The molecule has 0 atom stereocenters. The van der Waals surface area contributed by atoms with Crippen LogP contribution in [0.25, 0.3) is 10.8 Å². The summed E-state index contributed by atoms with van der Waals surface area (Å²) in [4.78, 5) is 4.16. The Kier molecular flexibility index (Phi) is 2.68. The molecule has 16 heavy (non-hydrogen) atoms. The zero-order valence-corrected chi connectivity index (χ0v) is 10.1. The van der Waals surface area contributed by atoms with Crippen molar-refractivity contribution >= 4 is 10.8 Å². The topological polar surface area (TPSA) is 38.9 Å².